The molecule has 14 heteroatoms. The van der Waals surface area contributed by atoms with Gasteiger partial charge < -0.3 is 29.2 Å². The number of nitrogens with one attached hydrogen (secondary N) is 1. The highest BCUT2D eigenvalue weighted by Gasteiger charge is 2.84. The maximum atomic E-state index is 13.5. The highest BCUT2D eigenvalue weighted by atomic mass is 32.2. The van der Waals surface area contributed by atoms with Crippen molar-refractivity contribution in [1.82, 2.24) is 9.62 Å². The summed E-state index contributed by atoms with van der Waals surface area (Å²) in [5.41, 5.74) is -7.95. The largest absolute Gasteiger partial charge is 0.511 e. The number of aliphatic hydroxyl groups is 2. The van der Waals surface area contributed by atoms with Gasteiger partial charge in [0.2, 0.25) is 0 Å². The molecule has 3 aliphatic heterocycles. The lowest BCUT2D eigenvalue weighted by atomic mass is 9.41. The number of nitrogens with zero attached hydrogens (tertiary/aromatic N) is 1. The normalized spacial score (nSPS) is 49.8. The maximum Gasteiger partial charge on any atom is 0.511 e. The Morgan fingerprint density at radius 3 is 2.31 bits per heavy atom. The van der Waals surface area contributed by atoms with E-state index in [1.165, 1.54) is 13.8 Å². The Bertz CT molecular complexity index is 1520. The number of aliphatic hydroxyl groups excluding tert-OH is 1. The van der Waals surface area contributed by atoms with Gasteiger partial charge in [0.15, 0.2) is 6.29 Å². The second kappa shape index (κ2) is 12.0. The predicted molar refractivity (Wildman–Crippen MR) is 185 cm³/mol. The van der Waals surface area contributed by atoms with Crippen molar-refractivity contribution in [3.63, 3.8) is 0 Å². The van der Waals surface area contributed by atoms with Crippen molar-refractivity contribution in [3.05, 3.63) is 0 Å². The Kier molecular flexibility index (Phi) is 8.82. The van der Waals surface area contributed by atoms with Crippen molar-refractivity contribution >= 4 is 10.0 Å². The average molecular weight is 763 g/mol. The highest BCUT2D eigenvalue weighted by molar-refractivity contribution is 7.90. The smallest absolute Gasteiger partial charge is 0.390 e. The molecule has 8 fully saturated rings. The number of fused-ring (bicyclic) bond motifs is 4. The molecule has 10 nitrogen and oxygen atoms in total. The fourth-order valence-electron chi connectivity index (χ4n) is 14.3. The molecule has 0 bridgehead atoms. The SMILES string of the molecule is C[C@@H]1C[C@H]([C@H](NS(=O)(=O)C(F)(F)F)C(C)(C)O)O[C@H]2[C@H]1[C@@]1(C)CC[C@@]34C[C@@]35CCC(O[C@H]3CN(C6COC6)CCO3)C(C)(C)[C@@H]5CC[C@H]4[C@]1(C)[C@H]2O. The average Bonchev–Trinajstić information content (AvgIpc) is 3.64. The van der Waals surface area contributed by atoms with Gasteiger partial charge in [-0.3, -0.25) is 4.90 Å². The van der Waals surface area contributed by atoms with Crippen LogP contribution in [0.3, 0.4) is 0 Å². The molecule has 14 atom stereocenters. The van der Waals surface area contributed by atoms with Crippen LogP contribution in [-0.4, -0.2) is 110 Å². The van der Waals surface area contributed by atoms with Crippen molar-refractivity contribution in [2.24, 2.45) is 50.7 Å². The summed E-state index contributed by atoms with van der Waals surface area (Å²) in [6.45, 7) is 17.9. The molecular formula is C38H61F3N2O8S. The van der Waals surface area contributed by atoms with E-state index in [0.717, 1.165) is 71.2 Å². The van der Waals surface area contributed by atoms with Gasteiger partial charge in [-0.15, -0.1) is 0 Å². The molecule has 52 heavy (non-hydrogen) atoms. The van der Waals surface area contributed by atoms with E-state index in [4.69, 9.17) is 18.9 Å². The van der Waals surface area contributed by atoms with Gasteiger partial charge >= 0.3 is 15.5 Å². The number of sulfonamides is 1. The number of ether oxygens (including phenoxy) is 4. The van der Waals surface area contributed by atoms with Crippen LogP contribution in [0.5, 0.6) is 0 Å². The third-order valence-electron chi connectivity index (χ3n) is 17.0. The summed E-state index contributed by atoms with van der Waals surface area (Å²) in [7, 11) is -5.76. The Morgan fingerprint density at radius 1 is 1.00 bits per heavy atom. The molecule has 3 saturated heterocycles. The minimum atomic E-state index is -5.76. The Morgan fingerprint density at radius 2 is 1.67 bits per heavy atom. The summed E-state index contributed by atoms with van der Waals surface area (Å²) in [5.74, 6) is 0.603. The van der Waals surface area contributed by atoms with Gasteiger partial charge in [0.1, 0.15) is 0 Å². The van der Waals surface area contributed by atoms with Crippen molar-refractivity contribution in [1.29, 1.82) is 0 Å². The lowest BCUT2D eigenvalue weighted by molar-refractivity contribution is -0.256. The summed E-state index contributed by atoms with van der Waals surface area (Å²) in [6.07, 6.45) is 4.74. The van der Waals surface area contributed by atoms with Crippen LogP contribution < -0.4 is 4.72 Å². The lowest BCUT2D eigenvalue weighted by Gasteiger charge is -2.64. The van der Waals surface area contributed by atoms with Crippen LogP contribution in [0.2, 0.25) is 0 Å². The monoisotopic (exact) mass is 762 g/mol. The summed E-state index contributed by atoms with van der Waals surface area (Å²) in [6, 6.07) is -1.10. The Labute approximate surface area is 307 Å². The zero-order valence-electron chi connectivity index (χ0n) is 31.9. The zero-order valence-corrected chi connectivity index (χ0v) is 32.7. The Balaban J connectivity index is 1.03. The van der Waals surface area contributed by atoms with E-state index in [1.54, 1.807) is 4.72 Å². The van der Waals surface area contributed by atoms with Gasteiger partial charge in [-0.25, -0.2) is 8.42 Å². The van der Waals surface area contributed by atoms with E-state index >= 15 is 0 Å². The van der Waals surface area contributed by atoms with Crippen molar-refractivity contribution < 1.29 is 50.7 Å². The fraction of sp³-hybridized carbons (Fsp3) is 1.00. The van der Waals surface area contributed by atoms with Gasteiger partial charge in [0.25, 0.3) is 0 Å². The molecule has 8 rings (SSSR count). The summed E-state index contributed by atoms with van der Waals surface area (Å²) >= 11 is 0. The molecule has 0 aromatic heterocycles. The molecule has 0 aromatic carbocycles. The number of rotatable bonds is 7. The molecule has 2 spiro atoms. The number of hydrogen-bond donors (Lipinski definition) is 3. The van der Waals surface area contributed by atoms with E-state index in [2.05, 4.69) is 39.5 Å². The van der Waals surface area contributed by atoms with E-state index in [1.807, 2.05) is 0 Å². The maximum absolute atomic E-state index is 13.5. The second-order valence-electron chi connectivity index (χ2n) is 19.9. The third-order valence-corrected chi connectivity index (χ3v) is 18.2. The summed E-state index contributed by atoms with van der Waals surface area (Å²) < 4.78 is 91.9. The minimum Gasteiger partial charge on any atom is -0.390 e. The molecule has 0 radical (unpaired) electrons. The van der Waals surface area contributed by atoms with Crippen LogP contribution >= 0.6 is 0 Å². The summed E-state index contributed by atoms with van der Waals surface area (Å²) in [5, 5.41) is 23.6. The Hall–Kier alpha value is -0.580. The quantitative estimate of drug-likeness (QED) is 0.335. The van der Waals surface area contributed by atoms with E-state index in [0.29, 0.717) is 18.6 Å². The van der Waals surface area contributed by atoms with Crippen LogP contribution in [0.4, 0.5) is 13.2 Å². The first-order valence-electron chi connectivity index (χ1n) is 19.8. The topological polar surface area (TPSA) is 127 Å². The summed E-state index contributed by atoms with van der Waals surface area (Å²) in [4.78, 5) is 2.44. The van der Waals surface area contributed by atoms with Crippen LogP contribution in [0.15, 0.2) is 0 Å². The molecule has 1 unspecified atom stereocenters. The van der Waals surface area contributed by atoms with Crippen LogP contribution in [0.1, 0.15) is 99.8 Å². The first-order valence-corrected chi connectivity index (χ1v) is 21.3. The zero-order chi connectivity index (χ0) is 37.7. The number of morpholine rings is 1. The van der Waals surface area contributed by atoms with Gasteiger partial charge in [0.05, 0.1) is 68.5 Å². The van der Waals surface area contributed by atoms with Crippen molar-refractivity contribution in [2.75, 3.05) is 32.9 Å². The molecule has 3 heterocycles. The lowest BCUT2D eigenvalue weighted by Crippen LogP contribution is -2.61. The van der Waals surface area contributed by atoms with E-state index < -0.39 is 50.9 Å². The molecule has 0 amide bonds. The molecule has 298 valence electrons. The van der Waals surface area contributed by atoms with Crippen LogP contribution in [-0.2, 0) is 29.0 Å². The predicted octanol–water partition coefficient (Wildman–Crippen LogP) is 4.82. The molecule has 8 aliphatic rings. The van der Waals surface area contributed by atoms with Crippen LogP contribution in [0, 0.1) is 50.7 Å². The van der Waals surface area contributed by atoms with E-state index in [-0.39, 0.29) is 58.2 Å². The molecule has 5 saturated carbocycles. The number of hydrogen-bond acceptors (Lipinski definition) is 9. The third kappa shape index (κ3) is 5.19. The first-order chi connectivity index (χ1) is 24.0. The fourth-order valence-corrected chi connectivity index (χ4v) is 15.3. The molecule has 3 N–H and O–H groups in total. The van der Waals surface area contributed by atoms with Crippen LogP contribution in [0.25, 0.3) is 0 Å². The number of alkyl halides is 3. The number of halogens is 3. The van der Waals surface area contributed by atoms with Crippen molar-refractivity contribution in [3.8, 4) is 0 Å². The first kappa shape index (κ1) is 38.3. The molecule has 0 aromatic rings. The van der Waals surface area contributed by atoms with Gasteiger partial charge in [0, 0.05) is 12.0 Å². The van der Waals surface area contributed by atoms with Gasteiger partial charge in [-0.1, -0.05) is 34.6 Å². The van der Waals surface area contributed by atoms with E-state index in [9.17, 15) is 31.8 Å². The van der Waals surface area contributed by atoms with Gasteiger partial charge in [-0.2, -0.15) is 17.9 Å². The van der Waals surface area contributed by atoms with Gasteiger partial charge in [-0.05, 0) is 111 Å². The second-order valence-corrected chi connectivity index (χ2v) is 21.6. The molecular weight excluding hydrogens is 701 g/mol. The highest BCUT2D eigenvalue weighted by Crippen LogP contribution is 2.89. The molecule has 5 aliphatic carbocycles. The minimum absolute atomic E-state index is 0.0530. The van der Waals surface area contributed by atoms with Crippen molar-refractivity contribution in [2.45, 2.75) is 154 Å². The standard InChI is InChI=1S/C38H61F3N2O8S/c1-21-16-23(30(33(4,5)45)42-52(46,47)38(39,40)41)50-29-28(21)34(6)12-13-37-20-36(37)11-10-26(51-27-17-43(14-15-49-27)22-18-48-19-22)32(2,3)24(36)8-9-25(37)35(34,7)31(29)44/h21-31,42,44-45H,8-20H2,1-7H3/t21-,23-,24+,25+,26?,27+,28+,29+,30+,31+,34-,35-,36-,37+/m1/s1.